The van der Waals surface area contributed by atoms with Crippen molar-refractivity contribution in [2.24, 2.45) is 34.0 Å². The molecule has 8 atom stereocenters. The fourth-order valence-electron chi connectivity index (χ4n) is 8.98. The van der Waals surface area contributed by atoms with E-state index in [4.69, 9.17) is 4.74 Å². The molecule has 3 fully saturated rings. The number of aliphatic hydroxyl groups excluding tert-OH is 1. The second-order valence-corrected chi connectivity index (χ2v) is 15.5. The number of carbonyl (C=O) groups is 2. The molecule has 0 aliphatic heterocycles. The number of benzene rings is 1. The molecule has 3 aromatic rings. The van der Waals surface area contributed by atoms with Gasteiger partial charge < -0.3 is 14.8 Å². The van der Waals surface area contributed by atoms with Crippen molar-refractivity contribution in [2.75, 3.05) is 5.75 Å². The number of ether oxygens (including phenoxy) is 1. The molecule has 2 N–H and O–H groups in total. The fraction of sp³-hybridized carbons (Fsp3) is 0.556. The summed E-state index contributed by atoms with van der Waals surface area (Å²) < 4.78 is 47.0. The first-order valence-corrected chi connectivity index (χ1v) is 17.3. The molecule has 3 aliphatic carbocycles. The number of pyridine rings is 1. The summed E-state index contributed by atoms with van der Waals surface area (Å²) in [6.45, 7) is 12.8. The van der Waals surface area contributed by atoms with Gasteiger partial charge in [-0.15, -0.1) is 6.58 Å². The number of esters is 1. The van der Waals surface area contributed by atoms with Gasteiger partial charge >= 0.3 is 12.1 Å². The Hall–Kier alpha value is -3.18. The lowest BCUT2D eigenvalue weighted by Gasteiger charge is -2.61. The van der Waals surface area contributed by atoms with E-state index in [-0.39, 0.29) is 34.7 Å². The van der Waals surface area contributed by atoms with Crippen LogP contribution in [0.2, 0.25) is 0 Å². The number of H-pyrrole nitrogens is 1. The number of aromatic nitrogens is 3. The molecule has 3 saturated carbocycles. The van der Waals surface area contributed by atoms with Crippen LogP contribution < -0.4 is 4.57 Å². The van der Waals surface area contributed by atoms with E-state index in [0.717, 1.165) is 42.5 Å². The maximum Gasteiger partial charge on any atom is 0.416 e. The van der Waals surface area contributed by atoms with Gasteiger partial charge in [-0.1, -0.05) is 57.7 Å². The van der Waals surface area contributed by atoms with E-state index in [2.05, 4.69) is 37.3 Å². The van der Waals surface area contributed by atoms with Crippen molar-refractivity contribution in [2.45, 2.75) is 89.9 Å². The van der Waals surface area contributed by atoms with Crippen LogP contribution >= 0.6 is 11.8 Å². The third kappa shape index (κ3) is 5.81. The second-order valence-electron chi connectivity index (χ2n) is 14.5. The molecule has 11 heteroatoms. The molecule has 0 unspecified atom stereocenters. The van der Waals surface area contributed by atoms with Gasteiger partial charge in [0.1, 0.15) is 22.9 Å². The molecule has 7 nitrogen and oxygen atoms in total. The first kappa shape index (κ1) is 33.7. The molecule has 2 aromatic heterocycles. The minimum atomic E-state index is -4.38. The first-order valence-electron chi connectivity index (χ1n) is 16.3. The normalized spacial score (nSPS) is 34.0. The number of aliphatic hydroxyl groups is 1. The first-order chi connectivity index (χ1) is 22.1. The van der Waals surface area contributed by atoms with Gasteiger partial charge in [0.15, 0.2) is 24.1 Å². The highest BCUT2D eigenvalue weighted by Gasteiger charge is 2.68. The van der Waals surface area contributed by atoms with Crippen molar-refractivity contribution in [3.63, 3.8) is 0 Å². The molecule has 2 bridgehead atoms. The van der Waals surface area contributed by atoms with Crippen molar-refractivity contribution < 1.29 is 37.2 Å². The zero-order valence-corrected chi connectivity index (χ0v) is 28.1. The Morgan fingerprint density at radius 3 is 2.62 bits per heavy atom. The van der Waals surface area contributed by atoms with E-state index < -0.39 is 40.7 Å². The van der Waals surface area contributed by atoms with Gasteiger partial charge in [0.2, 0.25) is 0 Å². The maximum atomic E-state index is 13.6. The Labute approximate surface area is 277 Å². The number of nitrogens with one attached hydrogen (secondary N) is 1. The third-order valence-electron chi connectivity index (χ3n) is 12.0. The summed E-state index contributed by atoms with van der Waals surface area (Å²) in [6.07, 6.45) is 3.14. The standard InChI is InChI=1S/C36H42F3N3O4S/c1-6-33(4)17-28(34(5)21(2)11-14-35(22(3)31(33)45)15-12-27(43)30(34)35)46-29(44)20-47-32-40-25-13-16-42(19-26(25)41-32)18-23-7-9-24(10-8-23)36(37,38)39/h6-10,13,16,19,21-22,28,30-31,45H,1,11-12,14-15,17-18,20H2,2-5H3/p+1/t21-,22+,28-,30+,31+,33-,34+,35+/m1/s1. The number of hydrogen-bond acceptors (Lipinski definition) is 6. The van der Waals surface area contributed by atoms with E-state index in [1.54, 1.807) is 12.3 Å². The summed E-state index contributed by atoms with van der Waals surface area (Å²) in [5, 5.41) is 12.3. The number of halogens is 3. The Bertz CT molecular complexity index is 1690. The van der Waals surface area contributed by atoms with E-state index in [1.165, 1.54) is 23.9 Å². The number of fused-ring (bicyclic) bond motifs is 1. The van der Waals surface area contributed by atoms with Crippen LogP contribution in [0.25, 0.3) is 11.0 Å². The minimum absolute atomic E-state index is 0.000146. The van der Waals surface area contributed by atoms with Crippen molar-refractivity contribution in [1.82, 2.24) is 9.97 Å². The number of ketones is 1. The van der Waals surface area contributed by atoms with Crippen LogP contribution in [0.15, 0.2) is 60.5 Å². The van der Waals surface area contributed by atoms with E-state index >= 15 is 0 Å². The predicted molar refractivity (Wildman–Crippen MR) is 172 cm³/mol. The molecule has 3 aliphatic rings. The molecular formula is C36H43F3N3O4S+. The number of nitrogens with zero attached hydrogens (tertiary/aromatic N) is 2. The van der Waals surface area contributed by atoms with Gasteiger partial charge in [-0.3, -0.25) is 9.59 Å². The number of thioether (sulfide) groups is 1. The summed E-state index contributed by atoms with van der Waals surface area (Å²) in [4.78, 5) is 35.0. The second kappa shape index (κ2) is 12.1. The van der Waals surface area contributed by atoms with Gasteiger partial charge in [0.05, 0.1) is 17.4 Å². The minimum Gasteiger partial charge on any atom is -0.461 e. The average Bonchev–Trinajstić information content (AvgIpc) is 3.61. The number of hydrogen-bond donors (Lipinski definition) is 2. The van der Waals surface area contributed by atoms with Crippen LogP contribution in [0.1, 0.15) is 70.9 Å². The number of Topliss-reactive ketones (excluding diaryl/α,β-unsaturated/α-hetero) is 1. The monoisotopic (exact) mass is 670 g/mol. The Balaban J connectivity index is 1.18. The van der Waals surface area contributed by atoms with Crippen LogP contribution in [-0.4, -0.2) is 44.8 Å². The largest absolute Gasteiger partial charge is 0.461 e. The summed E-state index contributed by atoms with van der Waals surface area (Å²) in [5.41, 5.74) is -0.165. The van der Waals surface area contributed by atoms with Crippen LogP contribution in [0.5, 0.6) is 0 Å². The van der Waals surface area contributed by atoms with Crippen LogP contribution in [0, 0.1) is 34.0 Å². The fourth-order valence-corrected chi connectivity index (χ4v) is 9.64. The number of imidazole rings is 1. The lowest BCUT2D eigenvalue weighted by molar-refractivity contribution is -0.687. The van der Waals surface area contributed by atoms with Crippen molar-refractivity contribution >= 4 is 34.5 Å². The highest BCUT2D eigenvalue weighted by atomic mass is 32.2. The Morgan fingerprint density at radius 2 is 1.94 bits per heavy atom. The summed E-state index contributed by atoms with van der Waals surface area (Å²) in [6, 6.07) is 6.89. The molecule has 252 valence electrons. The smallest absolute Gasteiger partial charge is 0.416 e. The quantitative estimate of drug-likeness (QED) is 0.123. The maximum absolute atomic E-state index is 13.6. The highest BCUT2D eigenvalue weighted by molar-refractivity contribution is 7.99. The molecule has 2 heterocycles. The molecule has 47 heavy (non-hydrogen) atoms. The van der Waals surface area contributed by atoms with Gasteiger partial charge in [-0.2, -0.15) is 17.7 Å². The number of aromatic amines is 1. The summed E-state index contributed by atoms with van der Waals surface area (Å²) in [7, 11) is 0. The molecular weight excluding hydrogens is 627 g/mol. The third-order valence-corrected chi connectivity index (χ3v) is 12.9. The number of carbonyl (C=O) groups excluding carboxylic acids is 2. The molecule has 0 amide bonds. The van der Waals surface area contributed by atoms with E-state index in [9.17, 15) is 27.9 Å². The van der Waals surface area contributed by atoms with Crippen LogP contribution in [-0.2, 0) is 27.0 Å². The SMILES string of the molecule is C=C[C@]1(C)C[C@@H](OC(=O)CSc2nc3cc[n+](Cc4ccc(C(F)(F)F)cc4)cc3[nH]2)[C@]2(C)[C@H](C)CC[C@]3(CCC(=O)[C@H]32)[C@@H](C)[C@@H]1O. The van der Waals surface area contributed by atoms with E-state index in [0.29, 0.717) is 30.1 Å². The van der Waals surface area contributed by atoms with E-state index in [1.807, 2.05) is 23.8 Å². The van der Waals surface area contributed by atoms with Gasteiger partial charge in [0.25, 0.3) is 0 Å². The molecule has 0 radical (unpaired) electrons. The molecule has 6 rings (SSSR count). The van der Waals surface area contributed by atoms with Crippen molar-refractivity contribution in [1.29, 1.82) is 0 Å². The molecule has 1 aromatic carbocycles. The molecule has 0 saturated heterocycles. The van der Waals surface area contributed by atoms with Crippen molar-refractivity contribution in [3.8, 4) is 0 Å². The zero-order chi connectivity index (χ0) is 33.9. The van der Waals surface area contributed by atoms with Crippen molar-refractivity contribution in [3.05, 3.63) is 66.5 Å². The summed E-state index contributed by atoms with van der Waals surface area (Å²) >= 11 is 1.22. The highest BCUT2D eigenvalue weighted by Crippen LogP contribution is 2.68. The van der Waals surface area contributed by atoms with Crippen LogP contribution in [0.4, 0.5) is 13.2 Å². The Kier molecular flexibility index (Phi) is 8.65. The Morgan fingerprint density at radius 1 is 1.21 bits per heavy atom. The summed E-state index contributed by atoms with van der Waals surface area (Å²) in [5.74, 6) is -0.430. The topological polar surface area (TPSA) is 96.2 Å². The number of alkyl halides is 3. The lowest BCUT2D eigenvalue weighted by Crippen LogP contribution is -2.63. The van der Waals surface area contributed by atoms with Gasteiger partial charge in [-0.25, -0.2) is 4.98 Å². The van der Waals surface area contributed by atoms with Gasteiger partial charge in [0, 0.05) is 34.8 Å². The van der Waals surface area contributed by atoms with Crippen LogP contribution in [0.3, 0.4) is 0 Å². The number of rotatable bonds is 7. The van der Waals surface area contributed by atoms with Gasteiger partial charge in [-0.05, 0) is 55.1 Å². The average molecular weight is 671 g/mol. The zero-order valence-electron chi connectivity index (χ0n) is 27.3. The lowest BCUT2D eigenvalue weighted by atomic mass is 9.44. The predicted octanol–water partition coefficient (Wildman–Crippen LogP) is 6.92. The molecule has 0 spiro atoms.